The molecule has 3 rings (SSSR count). The minimum atomic E-state index is -3.30. The van der Waals surface area contributed by atoms with E-state index in [9.17, 15) is 8.42 Å². The molecular weight excluding hydrogens is 320 g/mol. The Hall–Kier alpha value is -1.43. The topological polar surface area (TPSA) is 50.3 Å². The summed E-state index contributed by atoms with van der Waals surface area (Å²) in [6, 6.07) is 12.7. The third kappa shape index (κ3) is 3.48. The van der Waals surface area contributed by atoms with E-state index in [-0.39, 0.29) is 11.7 Å². The normalized spacial score (nSPS) is 19.4. The van der Waals surface area contributed by atoms with E-state index in [4.69, 9.17) is 11.6 Å². The summed E-state index contributed by atoms with van der Waals surface area (Å²) in [5.74, 6) is 0.195. The van der Waals surface area contributed by atoms with E-state index in [0.29, 0.717) is 18.1 Å². The maximum atomic E-state index is 12.5. The highest BCUT2D eigenvalue weighted by atomic mass is 35.5. The lowest BCUT2D eigenvalue weighted by molar-refractivity contribution is 0.471. The maximum Gasteiger partial charge on any atom is 0.218 e. The first kappa shape index (κ1) is 15.5. The van der Waals surface area contributed by atoms with Gasteiger partial charge in [0.25, 0.3) is 0 Å². The first-order valence-corrected chi connectivity index (χ1v) is 9.16. The zero-order chi connectivity index (χ0) is 15.6. The van der Waals surface area contributed by atoms with Gasteiger partial charge in [0.1, 0.15) is 0 Å². The quantitative estimate of drug-likeness (QED) is 0.862. The lowest BCUT2D eigenvalue weighted by Gasteiger charge is -2.16. The Morgan fingerprint density at radius 3 is 2.64 bits per heavy atom. The second kappa shape index (κ2) is 6.36. The molecule has 22 heavy (non-hydrogen) atoms. The molecule has 0 aliphatic carbocycles. The zero-order valence-electron chi connectivity index (χ0n) is 12.0. The molecule has 116 valence electrons. The van der Waals surface area contributed by atoms with Crippen LogP contribution in [0.3, 0.4) is 0 Å². The molecule has 1 saturated heterocycles. The van der Waals surface area contributed by atoms with Crippen LogP contribution in [0.25, 0.3) is 0 Å². The molecule has 1 aromatic carbocycles. The van der Waals surface area contributed by atoms with Crippen molar-refractivity contribution in [3.05, 3.63) is 64.9 Å². The highest BCUT2D eigenvalue weighted by Gasteiger charge is 2.32. The predicted octanol–water partition coefficient (Wildman–Crippen LogP) is 3.05. The van der Waals surface area contributed by atoms with Crippen molar-refractivity contribution in [2.45, 2.75) is 18.1 Å². The van der Waals surface area contributed by atoms with Crippen LogP contribution in [0.1, 0.15) is 23.6 Å². The molecule has 1 atom stereocenters. The van der Waals surface area contributed by atoms with Crippen LogP contribution in [0.4, 0.5) is 0 Å². The number of rotatable bonds is 4. The van der Waals surface area contributed by atoms with E-state index in [1.54, 1.807) is 34.8 Å². The lowest BCUT2D eigenvalue weighted by Crippen LogP contribution is -2.29. The summed E-state index contributed by atoms with van der Waals surface area (Å²) in [5, 5.41) is 0.609. The van der Waals surface area contributed by atoms with Gasteiger partial charge in [-0.15, -0.1) is 0 Å². The third-order valence-electron chi connectivity index (χ3n) is 3.91. The van der Waals surface area contributed by atoms with Crippen LogP contribution < -0.4 is 0 Å². The van der Waals surface area contributed by atoms with Gasteiger partial charge in [-0.3, -0.25) is 4.98 Å². The van der Waals surface area contributed by atoms with E-state index in [2.05, 4.69) is 4.98 Å². The largest absolute Gasteiger partial charge is 0.261 e. The Balaban J connectivity index is 1.70. The van der Waals surface area contributed by atoms with Crippen LogP contribution in [0.5, 0.6) is 0 Å². The maximum absolute atomic E-state index is 12.5. The van der Waals surface area contributed by atoms with Gasteiger partial charge in [-0.25, -0.2) is 12.7 Å². The molecule has 0 N–H and O–H groups in total. The van der Waals surface area contributed by atoms with Crippen LogP contribution in [0.15, 0.2) is 48.7 Å². The Labute approximate surface area is 135 Å². The van der Waals surface area contributed by atoms with Gasteiger partial charge in [0.05, 0.1) is 5.75 Å². The summed E-state index contributed by atoms with van der Waals surface area (Å²) in [5.41, 5.74) is 1.72. The molecule has 1 aliphatic rings. The Morgan fingerprint density at radius 1 is 1.18 bits per heavy atom. The first-order chi connectivity index (χ1) is 10.5. The monoisotopic (exact) mass is 336 g/mol. The minimum Gasteiger partial charge on any atom is -0.261 e. The number of benzene rings is 1. The van der Waals surface area contributed by atoms with Crippen LogP contribution in [-0.2, 0) is 15.8 Å². The molecule has 1 aromatic heterocycles. The minimum absolute atomic E-state index is 0.0130. The second-order valence-corrected chi connectivity index (χ2v) is 7.89. The van der Waals surface area contributed by atoms with Crippen molar-refractivity contribution in [3.63, 3.8) is 0 Å². The van der Waals surface area contributed by atoms with Crippen LogP contribution >= 0.6 is 11.6 Å². The van der Waals surface area contributed by atoms with E-state index in [1.165, 1.54) is 0 Å². The van der Waals surface area contributed by atoms with Crippen LogP contribution in [0.2, 0.25) is 5.02 Å². The zero-order valence-corrected chi connectivity index (χ0v) is 13.6. The molecule has 0 radical (unpaired) electrons. The van der Waals surface area contributed by atoms with Crippen molar-refractivity contribution in [2.75, 3.05) is 13.1 Å². The number of halogens is 1. The van der Waals surface area contributed by atoms with Crippen molar-refractivity contribution >= 4 is 21.6 Å². The molecule has 6 heteroatoms. The SMILES string of the molecule is O=S(=O)(Cc1ccc(Cl)cc1)N1CCC(c2ccccn2)C1. The Morgan fingerprint density at radius 2 is 1.95 bits per heavy atom. The number of sulfonamides is 1. The Kier molecular flexibility index (Phi) is 4.47. The summed E-state index contributed by atoms with van der Waals surface area (Å²) in [4.78, 5) is 4.33. The number of hydrogen-bond acceptors (Lipinski definition) is 3. The van der Waals surface area contributed by atoms with Gasteiger partial charge in [0.2, 0.25) is 10.0 Å². The smallest absolute Gasteiger partial charge is 0.218 e. The number of aromatic nitrogens is 1. The molecular formula is C16H17ClN2O2S. The number of pyridine rings is 1. The van der Waals surface area contributed by atoms with Gasteiger partial charge in [0.15, 0.2) is 0 Å². The average Bonchev–Trinajstić information content (AvgIpc) is 3.01. The van der Waals surface area contributed by atoms with Crippen LogP contribution in [-0.4, -0.2) is 30.8 Å². The van der Waals surface area contributed by atoms with E-state index < -0.39 is 10.0 Å². The molecule has 1 unspecified atom stereocenters. The summed E-state index contributed by atoms with van der Waals surface area (Å²) < 4.78 is 26.6. The molecule has 2 heterocycles. The fourth-order valence-electron chi connectivity index (χ4n) is 2.72. The first-order valence-electron chi connectivity index (χ1n) is 7.18. The van der Waals surface area contributed by atoms with Crippen molar-refractivity contribution in [2.24, 2.45) is 0 Å². The predicted molar refractivity (Wildman–Crippen MR) is 87.2 cm³/mol. The average molecular weight is 337 g/mol. The van der Waals surface area contributed by atoms with Crippen LogP contribution in [0, 0.1) is 0 Å². The Bertz CT molecular complexity index is 733. The molecule has 1 fully saturated rings. The molecule has 0 saturated carbocycles. The summed E-state index contributed by atoms with van der Waals surface area (Å²) in [6.45, 7) is 1.06. The molecule has 0 spiro atoms. The van der Waals surface area contributed by atoms with E-state index >= 15 is 0 Å². The van der Waals surface area contributed by atoms with Gasteiger partial charge in [-0.2, -0.15) is 0 Å². The summed E-state index contributed by atoms with van der Waals surface area (Å²) >= 11 is 5.83. The summed E-state index contributed by atoms with van der Waals surface area (Å²) in [6.07, 6.45) is 2.57. The van der Waals surface area contributed by atoms with Crippen molar-refractivity contribution in [1.82, 2.24) is 9.29 Å². The van der Waals surface area contributed by atoms with Crippen molar-refractivity contribution < 1.29 is 8.42 Å². The second-order valence-electron chi connectivity index (χ2n) is 5.48. The fraction of sp³-hybridized carbons (Fsp3) is 0.312. The van der Waals surface area contributed by atoms with Crippen molar-refractivity contribution in [1.29, 1.82) is 0 Å². The molecule has 0 amide bonds. The molecule has 1 aliphatic heterocycles. The highest BCUT2D eigenvalue weighted by Crippen LogP contribution is 2.28. The fourth-order valence-corrected chi connectivity index (χ4v) is 4.44. The molecule has 2 aromatic rings. The summed E-state index contributed by atoms with van der Waals surface area (Å²) in [7, 11) is -3.30. The lowest BCUT2D eigenvalue weighted by atomic mass is 10.0. The van der Waals surface area contributed by atoms with E-state index in [1.807, 2.05) is 18.2 Å². The molecule has 0 bridgehead atoms. The third-order valence-corrected chi connectivity index (χ3v) is 5.98. The van der Waals surface area contributed by atoms with Gasteiger partial charge >= 0.3 is 0 Å². The van der Waals surface area contributed by atoms with E-state index in [0.717, 1.165) is 17.7 Å². The number of nitrogens with zero attached hydrogens (tertiary/aromatic N) is 2. The van der Waals surface area contributed by atoms with Gasteiger partial charge in [0, 0.05) is 35.9 Å². The molecule has 4 nitrogen and oxygen atoms in total. The highest BCUT2D eigenvalue weighted by molar-refractivity contribution is 7.88. The van der Waals surface area contributed by atoms with Gasteiger partial charge < -0.3 is 0 Å². The van der Waals surface area contributed by atoms with Crippen molar-refractivity contribution in [3.8, 4) is 0 Å². The number of hydrogen-bond donors (Lipinski definition) is 0. The van der Waals surface area contributed by atoms with Gasteiger partial charge in [-0.1, -0.05) is 29.8 Å². The van der Waals surface area contributed by atoms with Gasteiger partial charge in [-0.05, 0) is 36.2 Å². The standard InChI is InChI=1S/C16H17ClN2O2S/c17-15-6-4-13(5-7-15)12-22(20,21)19-10-8-14(11-19)16-3-1-2-9-18-16/h1-7,9,14H,8,10-12H2.